The predicted molar refractivity (Wildman–Crippen MR) is 50.0 cm³/mol. The first kappa shape index (κ1) is 9.43. The van der Waals surface area contributed by atoms with Gasteiger partial charge in [0.1, 0.15) is 6.10 Å². The molecule has 2 rings (SSSR count). The van der Waals surface area contributed by atoms with Crippen LogP contribution in [0.4, 0.5) is 0 Å². The molecule has 1 unspecified atom stereocenters. The quantitative estimate of drug-likeness (QED) is 0.757. The Morgan fingerprint density at radius 2 is 2.57 bits per heavy atom. The maximum Gasteiger partial charge on any atom is 0.167 e. The number of hydrogen-bond acceptors (Lipinski definition) is 4. The molecular weight excluding hydrogens is 182 g/mol. The van der Waals surface area contributed by atoms with Crippen LogP contribution in [0.15, 0.2) is 23.0 Å². The van der Waals surface area contributed by atoms with E-state index >= 15 is 0 Å². The van der Waals surface area contributed by atoms with E-state index in [1.165, 1.54) is 0 Å². The zero-order valence-electron chi connectivity index (χ0n) is 7.86. The molecule has 1 N–H and O–H groups in total. The first-order valence-corrected chi connectivity index (χ1v) is 4.72. The van der Waals surface area contributed by atoms with Gasteiger partial charge in [0, 0.05) is 19.5 Å². The molecule has 1 aliphatic rings. The molecule has 0 aliphatic carbocycles. The summed E-state index contributed by atoms with van der Waals surface area (Å²) in [5.74, 6) is 0.110. The van der Waals surface area contributed by atoms with Gasteiger partial charge in [0.2, 0.25) is 0 Å². The molecular formula is C10H13NO3. The lowest BCUT2D eigenvalue weighted by atomic mass is 10.1. The Kier molecular flexibility index (Phi) is 2.96. The summed E-state index contributed by atoms with van der Waals surface area (Å²) < 4.78 is 10.2. The zero-order chi connectivity index (χ0) is 9.80. The van der Waals surface area contributed by atoms with Crippen LogP contribution in [0.2, 0.25) is 0 Å². The van der Waals surface area contributed by atoms with Crippen LogP contribution in [0.1, 0.15) is 5.56 Å². The lowest BCUT2D eigenvalue weighted by Crippen LogP contribution is -2.43. The minimum absolute atomic E-state index is 0.110. The van der Waals surface area contributed by atoms with Crippen molar-refractivity contribution in [2.24, 2.45) is 0 Å². The van der Waals surface area contributed by atoms with Crippen LogP contribution >= 0.6 is 0 Å². The number of rotatable bonds is 3. The Bertz CT molecular complexity index is 288. The van der Waals surface area contributed by atoms with E-state index in [1.807, 2.05) is 0 Å². The molecule has 1 atom stereocenters. The molecule has 0 spiro atoms. The molecule has 0 radical (unpaired) electrons. The van der Waals surface area contributed by atoms with E-state index in [-0.39, 0.29) is 11.9 Å². The van der Waals surface area contributed by atoms with Crippen molar-refractivity contribution in [2.75, 3.05) is 19.7 Å². The second-order valence-corrected chi connectivity index (χ2v) is 3.34. The first-order chi connectivity index (χ1) is 6.86. The van der Waals surface area contributed by atoms with Crippen molar-refractivity contribution in [1.29, 1.82) is 0 Å². The van der Waals surface area contributed by atoms with Crippen molar-refractivity contribution >= 4 is 5.78 Å². The molecule has 14 heavy (non-hydrogen) atoms. The monoisotopic (exact) mass is 195 g/mol. The van der Waals surface area contributed by atoms with Gasteiger partial charge in [-0.2, -0.15) is 0 Å². The van der Waals surface area contributed by atoms with E-state index in [9.17, 15) is 4.79 Å². The van der Waals surface area contributed by atoms with Crippen molar-refractivity contribution < 1.29 is 13.9 Å². The fourth-order valence-electron chi connectivity index (χ4n) is 1.48. The molecule has 1 aromatic rings. The number of carbonyl (C=O) groups excluding carboxylic acids is 1. The summed E-state index contributed by atoms with van der Waals surface area (Å²) in [7, 11) is 0. The molecule has 76 valence electrons. The van der Waals surface area contributed by atoms with Crippen molar-refractivity contribution in [3.05, 3.63) is 24.2 Å². The average Bonchev–Trinajstić information content (AvgIpc) is 2.72. The van der Waals surface area contributed by atoms with E-state index < -0.39 is 0 Å². The van der Waals surface area contributed by atoms with Gasteiger partial charge in [-0.25, -0.2) is 0 Å². The Morgan fingerprint density at radius 3 is 3.21 bits per heavy atom. The Hall–Kier alpha value is -1.13. The molecule has 2 heterocycles. The predicted octanol–water partition coefficient (Wildman–Crippen LogP) is 0.380. The van der Waals surface area contributed by atoms with Gasteiger partial charge in [-0.1, -0.05) is 0 Å². The fourth-order valence-corrected chi connectivity index (χ4v) is 1.48. The van der Waals surface area contributed by atoms with E-state index in [2.05, 4.69) is 5.32 Å². The first-order valence-electron chi connectivity index (χ1n) is 4.72. The highest BCUT2D eigenvalue weighted by Gasteiger charge is 2.21. The van der Waals surface area contributed by atoms with Gasteiger partial charge in [-0.15, -0.1) is 0 Å². The summed E-state index contributed by atoms with van der Waals surface area (Å²) in [4.78, 5) is 11.7. The molecule has 1 aromatic heterocycles. The topological polar surface area (TPSA) is 51.5 Å². The molecule has 1 aliphatic heterocycles. The molecule has 0 saturated carbocycles. The number of morpholine rings is 1. The van der Waals surface area contributed by atoms with E-state index in [0.29, 0.717) is 19.6 Å². The summed E-state index contributed by atoms with van der Waals surface area (Å²) >= 11 is 0. The molecule has 4 nitrogen and oxygen atoms in total. The van der Waals surface area contributed by atoms with Gasteiger partial charge < -0.3 is 14.5 Å². The average molecular weight is 195 g/mol. The van der Waals surface area contributed by atoms with Crippen LogP contribution in [0, 0.1) is 0 Å². The van der Waals surface area contributed by atoms with Crippen LogP contribution in [0.3, 0.4) is 0 Å². The van der Waals surface area contributed by atoms with Gasteiger partial charge in [0.25, 0.3) is 0 Å². The van der Waals surface area contributed by atoms with Gasteiger partial charge >= 0.3 is 0 Å². The second kappa shape index (κ2) is 4.39. The van der Waals surface area contributed by atoms with Crippen LogP contribution in [0.25, 0.3) is 0 Å². The number of ether oxygens (including phenoxy) is 1. The van der Waals surface area contributed by atoms with Crippen LogP contribution in [0.5, 0.6) is 0 Å². The summed E-state index contributed by atoms with van der Waals surface area (Å²) in [5.41, 5.74) is 0.907. The highest BCUT2D eigenvalue weighted by Crippen LogP contribution is 2.06. The molecule has 4 heteroatoms. The van der Waals surface area contributed by atoms with Crippen molar-refractivity contribution in [2.45, 2.75) is 12.5 Å². The highest BCUT2D eigenvalue weighted by atomic mass is 16.5. The van der Waals surface area contributed by atoms with Crippen LogP contribution < -0.4 is 5.32 Å². The number of furan rings is 1. The Balaban J connectivity index is 1.88. The standard InChI is InChI=1S/C10H13NO3/c12-9(5-8-1-3-13-7-8)10-6-11-2-4-14-10/h1,3,7,10-11H,2,4-6H2. The number of nitrogens with one attached hydrogen (secondary N) is 1. The van der Waals surface area contributed by atoms with Crippen LogP contribution in [-0.2, 0) is 16.0 Å². The number of carbonyl (C=O) groups is 1. The highest BCUT2D eigenvalue weighted by molar-refractivity contribution is 5.85. The maximum atomic E-state index is 11.7. The van der Waals surface area contributed by atoms with E-state index in [0.717, 1.165) is 12.1 Å². The Labute approximate surface area is 82.2 Å². The molecule has 1 fully saturated rings. The lowest BCUT2D eigenvalue weighted by Gasteiger charge is -2.22. The molecule has 0 aromatic carbocycles. The van der Waals surface area contributed by atoms with Gasteiger partial charge in [-0.05, 0) is 11.6 Å². The summed E-state index contributed by atoms with van der Waals surface area (Å²) in [6.07, 6.45) is 3.26. The molecule has 0 amide bonds. The largest absolute Gasteiger partial charge is 0.472 e. The van der Waals surface area contributed by atoms with Crippen molar-refractivity contribution in [1.82, 2.24) is 5.32 Å². The van der Waals surface area contributed by atoms with Crippen LogP contribution in [-0.4, -0.2) is 31.6 Å². The minimum Gasteiger partial charge on any atom is -0.472 e. The fraction of sp³-hybridized carbons (Fsp3) is 0.500. The van der Waals surface area contributed by atoms with Gasteiger partial charge in [-0.3, -0.25) is 4.79 Å². The van der Waals surface area contributed by atoms with Crippen molar-refractivity contribution in [3.8, 4) is 0 Å². The number of ketones is 1. The zero-order valence-corrected chi connectivity index (χ0v) is 7.86. The van der Waals surface area contributed by atoms with Gasteiger partial charge in [0.15, 0.2) is 5.78 Å². The van der Waals surface area contributed by atoms with E-state index in [4.69, 9.17) is 9.15 Å². The lowest BCUT2D eigenvalue weighted by molar-refractivity contribution is -0.131. The maximum absolute atomic E-state index is 11.7. The van der Waals surface area contributed by atoms with Gasteiger partial charge in [0.05, 0.1) is 19.1 Å². The number of hydrogen-bond donors (Lipinski definition) is 1. The van der Waals surface area contributed by atoms with Crippen molar-refractivity contribution in [3.63, 3.8) is 0 Å². The summed E-state index contributed by atoms with van der Waals surface area (Å²) in [5, 5.41) is 3.13. The summed E-state index contributed by atoms with van der Waals surface area (Å²) in [6, 6.07) is 1.80. The minimum atomic E-state index is -0.293. The smallest absolute Gasteiger partial charge is 0.167 e. The third-order valence-electron chi connectivity index (χ3n) is 2.25. The number of Topliss-reactive ketones (excluding diaryl/α,β-unsaturated/α-hetero) is 1. The third kappa shape index (κ3) is 2.21. The summed E-state index contributed by atoms with van der Waals surface area (Å²) in [6.45, 7) is 2.06. The Morgan fingerprint density at radius 1 is 1.64 bits per heavy atom. The molecule has 0 bridgehead atoms. The second-order valence-electron chi connectivity index (χ2n) is 3.34. The third-order valence-corrected chi connectivity index (χ3v) is 2.25. The molecule has 1 saturated heterocycles. The SMILES string of the molecule is O=C(Cc1ccoc1)C1CNCCO1. The van der Waals surface area contributed by atoms with E-state index in [1.54, 1.807) is 18.6 Å². The normalized spacial score (nSPS) is 22.1.